The summed E-state index contributed by atoms with van der Waals surface area (Å²) >= 11 is 3.58. The Morgan fingerprint density at radius 2 is 1.91 bits per heavy atom. The Morgan fingerprint density at radius 3 is 2.79 bits per heavy atom. The van der Waals surface area contributed by atoms with Gasteiger partial charge in [-0.15, -0.1) is 22.7 Å². The van der Waals surface area contributed by atoms with Gasteiger partial charge in [0.05, 0.1) is 11.4 Å². The summed E-state index contributed by atoms with van der Waals surface area (Å²) in [5.74, 6) is 1.39. The van der Waals surface area contributed by atoms with Gasteiger partial charge in [-0.1, -0.05) is 18.2 Å². The number of benzene rings is 1. The van der Waals surface area contributed by atoms with Crippen molar-refractivity contribution in [2.75, 3.05) is 13.7 Å². The summed E-state index contributed by atoms with van der Waals surface area (Å²) in [6, 6.07) is 12.5. The Hall–Kier alpha value is -2.87. The molecule has 0 aliphatic heterocycles. The van der Waals surface area contributed by atoms with Crippen molar-refractivity contribution >= 4 is 43.0 Å². The van der Waals surface area contributed by atoms with E-state index in [4.69, 9.17) is 14.7 Å². The molecule has 1 atom stereocenters. The highest BCUT2D eigenvalue weighted by Crippen LogP contribution is 2.41. The van der Waals surface area contributed by atoms with Crippen molar-refractivity contribution in [3.63, 3.8) is 0 Å². The van der Waals surface area contributed by atoms with Crippen LogP contribution in [0.25, 0.3) is 31.7 Å². The third kappa shape index (κ3) is 3.80. The number of nitrogens with zero attached hydrogens (tertiary/aromatic N) is 3. The summed E-state index contributed by atoms with van der Waals surface area (Å²) < 4.78 is 7.81. The number of ether oxygens (including phenoxy) is 1. The highest BCUT2D eigenvalue weighted by Gasteiger charge is 2.23. The van der Waals surface area contributed by atoms with Gasteiger partial charge in [-0.25, -0.2) is 4.98 Å². The molecular weight excluding hydrogens is 448 g/mol. The normalized spacial score (nSPS) is 14.5. The van der Waals surface area contributed by atoms with Gasteiger partial charge in [0.15, 0.2) is 5.82 Å². The van der Waals surface area contributed by atoms with Gasteiger partial charge < -0.3 is 10.1 Å². The number of rotatable bonds is 6. The highest BCUT2D eigenvalue weighted by molar-refractivity contribution is 7.19. The summed E-state index contributed by atoms with van der Waals surface area (Å²) in [6.07, 6.45) is 8.22. The fourth-order valence-electron chi connectivity index (χ4n) is 4.62. The number of hydrogen-bond donors (Lipinski definition) is 1. The minimum absolute atomic E-state index is 0.0741. The molecule has 0 amide bonds. The lowest BCUT2D eigenvalue weighted by Crippen LogP contribution is -2.23. The van der Waals surface area contributed by atoms with Crippen molar-refractivity contribution in [1.82, 2.24) is 20.3 Å². The van der Waals surface area contributed by atoms with Crippen LogP contribution in [0.15, 0.2) is 54.2 Å². The molecule has 0 bridgehead atoms. The lowest BCUT2D eigenvalue weighted by Gasteiger charge is -2.18. The molecule has 0 fully saturated rings. The van der Waals surface area contributed by atoms with Gasteiger partial charge in [-0.3, -0.25) is 4.98 Å². The predicted molar refractivity (Wildman–Crippen MR) is 136 cm³/mol. The van der Waals surface area contributed by atoms with Gasteiger partial charge in [-0.2, -0.15) is 4.98 Å². The van der Waals surface area contributed by atoms with Crippen LogP contribution >= 0.6 is 22.7 Å². The molecule has 166 valence electrons. The SMILES string of the molecule is CN[C@@H](COc1nc(-c2ccncc2)nc2sc3c(c12)CCCC3)c1csc2ccccc12. The third-order valence-corrected chi connectivity index (χ3v) is 8.51. The monoisotopic (exact) mass is 472 g/mol. The first kappa shape index (κ1) is 20.7. The van der Waals surface area contributed by atoms with Crippen molar-refractivity contribution in [2.24, 2.45) is 0 Å². The minimum Gasteiger partial charge on any atom is -0.475 e. The molecule has 0 radical (unpaired) electrons. The van der Waals surface area contributed by atoms with Crippen molar-refractivity contribution < 1.29 is 4.74 Å². The zero-order chi connectivity index (χ0) is 22.2. The zero-order valence-electron chi connectivity index (χ0n) is 18.4. The molecule has 4 heterocycles. The second-order valence-electron chi connectivity index (χ2n) is 8.32. The average molecular weight is 473 g/mol. The van der Waals surface area contributed by atoms with Crippen LogP contribution in [0.2, 0.25) is 0 Å². The molecule has 0 unspecified atom stereocenters. The quantitative estimate of drug-likeness (QED) is 0.319. The van der Waals surface area contributed by atoms with Crippen molar-refractivity contribution in [3.8, 4) is 17.3 Å². The first-order valence-corrected chi connectivity index (χ1v) is 13.0. The molecule has 5 aromatic rings. The second-order valence-corrected chi connectivity index (χ2v) is 10.3. The van der Waals surface area contributed by atoms with E-state index in [2.05, 4.69) is 39.9 Å². The fraction of sp³-hybridized carbons (Fsp3) is 0.269. The molecule has 5 nitrogen and oxygen atoms in total. The molecule has 0 spiro atoms. The molecule has 7 heteroatoms. The summed E-state index contributed by atoms with van der Waals surface area (Å²) in [6.45, 7) is 0.504. The summed E-state index contributed by atoms with van der Waals surface area (Å²) in [5, 5.41) is 8.08. The predicted octanol–water partition coefficient (Wildman–Crippen LogP) is 6.19. The zero-order valence-corrected chi connectivity index (χ0v) is 20.0. The lowest BCUT2D eigenvalue weighted by atomic mass is 9.97. The van der Waals surface area contributed by atoms with Crippen LogP contribution in [0.1, 0.15) is 34.9 Å². The van der Waals surface area contributed by atoms with E-state index in [-0.39, 0.29) is 6.04 Å². The van der Waals surface area contributed by atoms with E-state index in [0.717, 1.165) is 28.6 Å². The Kier molecular flexibility index (Phi) is 5.54. The molecule has 33 heavy (non-hydrogen) atoms. The molecule has 6 rings (SSSR count). The van der Waals surface area contributed by atoms with Crippen LogP contribution in [-0.4, -0.2) is 28.6 Å². The molecular formula is C26H24N4OS2. The highest BCUT2D eigenvalue weighted by atomic mass is 32.1. The Labute approximate surface area is 200 Å². The Bertz CT molecular complexity index is 1430. The number of hydrogen-bond acceptors (Lipinski definition) is 7. The number of fused-ring (bicyclic) bond motifs is 4. The number of aryl methyl sites for hydroxylation is 2. The van der Waals surface area contributed by atoms with Gasteiger partial charge in [0, 0.05) is 27.5 Å². The van der Waals surface area contributed by atoms with Crippen molar-refractivity contribution in [3.05, 3.63) is 70.2 Å². The lowest BCUT2D eigenvalue weighted by molar-refractivity contribution is 0.267. The number of likely N-dealkylation sites (N-methyl/N-ethyl adjacent to an activating group) is 1. The number of thiophene rings is 2. The molecule has 1 aromatic carbocycles. The van der Waals surface area contributed by atoms with Gasteiger partial charge in [-0.05, 0) is 72.8 Å². The van der Waals surface area contributed by atoms with Gasteiger partial charge in [0.2, 0.25) is 5.88 Å². The van der Waals surface area contributed by atoms with Gasteiger partial charge in [0.1, 0.15) is 11.4 Å². The van der Waals surface area contributed by atoms with E-state index in [1.807, 2.05) is 19.2 Å². The van der Waals surface area contributed by atoms with Crippen LogP contribution in [0, 0.1) is 0 Å². The van der Waals surface area contributed by atoms with Crippen molar-refractivity contribution in [1.29, 1.82) is 0 Å². The van der Waals surface area contributed by atoms with E-state index in [1.54, 1.807) is 35.1 Å². The number of nitrogens with one attached hydrogen (secondary N) is 1. The topological polar surface area (TPSA) is 59.9 Å². The maximum Gasteiger partial charge on any atom is 0.226 e. The smallest absolute Gasteiger partial charge is 0.226 e. The summed E-state index contributed by atoms with van der Waals surface area (Å²) in [4.78, 5) is 16.5. The van der Waals surface area contributed by atoms with Crippen LogP contribution in [0.4, 0.5) is 0 Å². The summed E-state index contributed by atoms with van der Waals surface area (Å²) in [7, 11) is 1.99. The van der Waals surface area contributed by atoms with Gasteiger partial charge in [0.25, 0.3) is 0 Å². The maximum atomic E-state index is 6.51. The van der Waals surface area contributed by atoms with Gasteiger partial charge >= 0.3 is 0 Å². The summed E-state index contributed by atoms with van der Waals surface area (Å²) in [5.41, 5.74) is 3.61. The van der Waals surface area contributed by atoms with Crippen LogP contribution in [0.5, 0.6) is 5.88 Å². The van der Waals surface area contributed by atoms with E-state index < -0.39 is 0 Å². The first-order valence-electron chi connectivity index (χ1n) is 11.3. The van der Waals surface area contributed by atoms with E-state index in [0.29, 0.717) is 18.3 Å². The van der Waals surface area contributed by atoms with Crippen molar-refractivity contribution in [2.45, 2.75) is 31.7 Å². The van der Waals surface area contributed by atoms with E-state index in [1.165, 1.54) is 38.9 Å². The molecule has 4 aromatic heterocycles. The maximum absolute atomic E-state index is 6.51. The largest absolute Gasteiger partial charge is 0.475 e. The van der Waals surface area contributed by atoms with Crippen LogP contribution in [0.3, 0.4) is 0 Å². The Balaban J connectivity index is 1.40. The number of aromatic nitrogens is 3. The average Bonchev–Trinajstić information content (AvgIpc) is 3.46. The first-order chi connectivity index (χ1) is 16.3. The van der Waals surface area contributed by atoms with E-state index in [9.17, 15) is 0 Å². The van der Waals surface area contributed by atoms with E-state index >= 15 is 0 Å². The minimum atomic E-state index is 0.0741. The number of pyridine rings is 1. The molecule has 0 saturated carbocycles. The standard InChI is InChI=1S/C26H24N4OS2/c1-27-20(19-15-32-21-8-4-2-6-17(19)21)14-31-25-23-18-7-3-5-9-22(18)33-26(23)30-24(29-25)16-10-12-28-13-11-16/h2,4,6,8,10-13,15,20,27H,3,5,7,9,14H2,1H3/t20-/m0/s1. The fourth-order valence-corrected chi connectivity index (χ4v) is 6.88. The molecule has 1 aliphatic rings. The molecule has 1 N–H and O–H groups in total. The molecule has 0 saturated heterocycles. The van der Waals surface area contributed by atoms with Crippen LogP contribution < -0.4 is 10.1 Å². The second kappa shape index (κ2) is 8.82. The Morgan fingerprint density at radius 1 is 1.06 bits per heavy atom. The molecule has 1 aliphatic carbocycles. The third-order valence-electron chi connectivity index (χ3n) is 6.34. The van der Waals surface area contributed by atoms with Crippen LogP contribution in [-0.2, 0) is 12.8 Å².